The molecule has 0 aromatic rings. The molecule has 2 N–H and O–H groups in total. The fourth-order valence-corrected chi connectivity index (χ4v) is 9.35. The average molecular weight is 530 g/mol. The molecule has 0 spiro atoms. The molecule has 0 heterocycles. The van der Waals surface area contributed by atoms with Crippen molar-refractivity contribution in [3.05, 3.63) is 0 Å². The predicted octanol–water partition coefficient (Wildman–Crippen LogP) is 4.03. The maximum Gasteiger partial charge on any atom is 0.302 e. The minimum absolute atomic E-state index is 0.00614. The van der Waals surface area contributed by atoms with Crippen molar-refractivity contribution >= 4 is 28.2 Å². The van der Waals surface area contributed by atoms with Gasteiger partial charge >= 0.3 is 5.97 Å². The van der Waals surface area contributed by atoms with Gasteiger partial charge in [0.2, 0.25) is 0 Å². The molecule has 6 nitrogen and oxygen atoms in total. The van der Waals surface area contributed by atoms with Crippen molar-refractivity contribution in [2.45, 2.75) is 101 Å². The second-order valence-corrected chi connectivity index (χ2v) is 12.6. The van der Waals surface area contributed by atoms with Gasteiger partial charge in [0.05, 0.1) is 23.6 Å². The first kappa shape index (κ1) is 25.6. The number of hydrogen-bond donors (Lipinski definition) is 2. The SMILES string of the molecule is CC(=O)O[C@H]1[C@H](Br)CC2C3C(O)CC4C[C@@H](OCCCCC=O)CC[C@]4(C)C3CC[C@@]21CO. The smallest absolute Gasteiger partial charge is 0.302 e. The molecule has 4 aliphatic rings. The van der Waals surface area contributed by atoms with Crippen LogP contribution in [0.2, 0.25) is 0 Å². The average Bonchev–Trinajstić information content (AvgIpc) is 3.06. The Kier molecular flexibility index (Phi) is 7.94. The Bertz CT molecular complexity index is 717. The molecule has 4 rings (SSSR count). The summed E-state index contributed by atoms with van der Waals surface area (Å²) in [5.41, 5.74) is -0.294. The predicted molar refractivity (Wildman–Crippen MR) is 128 cm³/mol. The quantitative estimate of drug-likeness (QED) is 0.214. The summed E-state index contributed by atoms with van der Waals surface area (Å²) in [6.07, 6.45) is 9.44. The van der Waals surface area contributed by atoms with Crippen LogP contribution in [0.1, 0.15) is 78.1 Å². The Hall–Kier alpha value is -0.500. The molecule has 0 aromatic carbocycles. The number of rotatable bonds is 8. The van der Waals surface area contributed by atoms with Crippen molar-refractivity contribution in [1.29, 1.82) is 0 Å². The van der Waals surface area contributed by atoms with E-state index < -0.39 is 11.5 Å². The molecule has 0 aromatic heterocycles. The maximum absolute atomic E-state index is 11.8. The van der Waals surface area contributed by atoms with Crippen LogP contribution in [0.4, 0.5) is 0 Å². The number of unbranched alkanes of at least 4 members (excludes halogenated alkanes) is 2. The molecule has 188 valence electrons. The summed E-state index contributed by atoms with van der Waals surface area (Å²) in [5.74, 6) is 0.832. The normalized spacial score (nSPS) is 46.7. The maximum atomic E-state index is 11.8. The van der Waals surface area contributed by atoms with Crippen LogP contribution < -0.4 is 0 Å². The van der Waals surface area contributed by atoms with E-state index in [2.05, 4.69) is 22.9 Å². The summed E-state index contributed by atoms with van der Waals surface area (Å²) in [7, 11) is 0. The van der Waals surface area contributed by atoms with Gasteiger partial charge in [-0.2, -0.15) is 0 Å². The van der Waals surface area contributed by atoms with E-state index in [-0.39, 0.29) is 46.9 Å². The number of ether oxygens (including phenoxy) is 2. The molecule has 7 heteroatoms. The lowest BCUT2D eigenvalue weighted by atomic mass is 9.44. The Morgan fingerprint density at radius 2 is 1.94 bits per heavy atom. The number of aldehydes is 1. The third kappa shape index (κ3) is 4.56. The standard InChI is InChI=1S/C26H41BrO6/c1-16(30)33-24-21(27)14-20-23-19(7-9-26(20,24)15-29)25(2)8-6-18(12-17(25)13-22(23)31)32-11-5-3-4-10-28/h10,17-24,29,31H,3-9,11-15H2,1-2H3/t17?,18-,19?,20?,21+,22?,23?,24-,25-,26+/m0/s1. The van der Waals surface area contributed by atoms with Crippen molar-refractivity contribution < 1.29 is 29.3 Å². The first-order valence-corrected chi connectivity index (χ1v) is 13.8. The Labute approximate surface area is 206 Å². The highest BCUT2D eigenvalue weighted by Crippen LogP contribution is 2.67. The lowest BCUT2D eigenvalue weighted by molar-refractivity contribution is -0.196. The van der Waals surface area contributed by atoms with E-state index in [1.165, 1.54) is 6.92 Å². The number of esters is 1. The number of carbonyl (C=O) groups excluding carboxylic acids is 2. The first-order chi connectivity index (χ1) is 15.8. The Morgan fingerprint density at radius 1 is 1.15 bits per heavy atom. The number of aliphatic hydroxyl groups is 2. The van der Waals surface area contributed by atoms with Gasteiger partial charge in [-0.1, -0.05) is 22.9 Å². The van der Waals surface area contributed by atoms with Gasteiger partial charge < -0.3 is 24.5 Å². The van der Waals surface area contributed by atoms with Crippen LogP contribution in [0.3, 0.4) is 0 Å². The minimum Gasteiger partial charge on any atom is -0.461 e. The molecule has 0 aliphatic heterocycles. The van der Waals surface area contributed by atoms with Gasteiger partial charge in [-0.15, -0.1) is 0 Å². The third-order valence-electron chi connectivity index (χ3n) is 9.92. The summed E-state index contributed by atoms with van der Waals surface area (Å²) in [6, 6.07) is 0. The number of halogens is 1. The fourth-order valence-electron chi connectivity index (χ4n) is 8.31. The van der Waals surface area contributed by atoms with E-state index in [0.717, 1.165) is 64.1 Å². The van der Waals surface area contributed by atoms with Gasteiger partial charge in [0, 0.05) is 25.4 Å². The third-order valence-corrected chi connectivity index (χ3v) is 10.8. The zero-order valence-corrected chi connectivity index (χ0v) is 21.7. The van der Waals surface area contributed by atoms with E-state index in [9.17, 15) is 19.8 Å². The Morgan fingerprint density at radius 3 is 2.64 bits per heavy atom. The molecular weight excluding hydrogens is 488 g/mol. The summed E-state index contributed by atoms with van der Waals surface area (Å²) in [5, 5.41) is 22.0. The highest BCUT2D eigenvalue weighted by atomic mass is 79.9. The van der Waals surface area contributed by atoms with Crippen LogP contribution in [0, 0.1) is 34.5 Å². The van der Waals surface area contributed by atoms with Gasteiger partial charge in [-0.05, 0) is 86.9 Å². The van der Waals surface area contributed by atoms with Crippen molar-refractivity contribution in [1.82, 2.24) is 0 Å². The summed E-state index contributed by atoms with van der Waals surface area (Å²) < 4.78 is 11.9. The van der Waals surface area contributed by atoms with Gasteiger partial charge in [-0.3, -0.25) is 4.79 Å². The molecule has 4 aliphatic carbocycles. The number of aliphatic hydroxyl groups excluding tert-OH is 2. The highest BCUT2D eigenvalue weighted by molar-refractivity contribution is 9.09. The number of carbonyl (C=O) groups is 2. The molecule has 0 saturated heterocycles. The molecule has 33 heavy (non-hydrogen) atoms. The molecule has 0 bridgehead atoms. The van der Waals surface area contributed by atoms with Gasteiger partial charge in [0.25, 0.3) is 0 Å². The second kappa shape index (κ2) is 10.2. The number of alkyl halides is 1. The molecular formula is C26H41BrO6. The molecule has 0 radical (unpaired) electrons. The van der Waals surface area contributed by atoms with E-state index >= 15 is 0 Å². The van der Waals surface area contributed by atoms with E-state index in [1.807, 2.05) is 0 Å². The van der Waals surface area contributed by atoms with Gasteiger partial charge in [0.15, 0.2) is 0 Å². The van der Waals surface area contributed by atoms with E-state index in [0.29, 0.717) is 24.9 Å². The lowest BCUT2D eigenvalue weighted by Gasteiger charge is -2.62. The van der Waals surface area contributed by atoms with Crippen LogP contribution in [-0.4, -0.2) is 58.8 Å². The van der Waals surface area contributed by atoms with Crippen molar-refractivity contribution in [3.63, 3.8) is 0 Å². The summed E-state index contributed by atoms with van der Waals surface area (Å²) >= 11 is 3.76. The molecule has 0 amide bonds. The van der Waals surface area contributed by atoms with Gasteiger partial charge in [0.1, 0.15) is 12.4 Å². The zero-order chi connectivity index (χ0) is 23.8. The molecule has 5 unspecified atom stereocenters. The zero-order valence-electron chi connectivity index (χ0n) is 20.1. The van der Waals surface area contributed by atoms with Crippen LogP contribution in [-0.2, 0) is 19.1 Å². The topological polar surface area (TPSA) is 93.1 Å². The highest BCUT2D eigenvalue weighted by Gasteiger charge is 2.66. The first-order valence-electron chi connectivity index (χ1n) is 12.9. The van der Waals surface area contributed by atoms with Crippen LogP contribution in [0.5, 0.6) is 0 Å². The summed E-state index contributed by atoms with van der Waals surface area (Å²) in [4.78, 5) is 22.3. The van der Waals surface area contributed by atoms with E-state index in [1.54, 1.807) is 0 Å². The minimum atomic E-state index is -0.465. The van der Waals surface area contributed by atoms with Crippen molar-refractivity contribution in [2.75, 3.05) is 13.2 Å². The largest absolute Gasteiger partial charge is 0.461 e. The summed E-state index contributed by atoms with van der Waals surface area (Å²) in [6.45, 7) is 4.57. The van der Waals surface area contributed by atoms with E-state index in [4.69, 9.17) is 9.47 Å². The van der Waals surface area contributed by atoms with Crippen molar-refractivity contribution in [2.24, 2.45) is 34.5 Å². The molecule has 4 saturated carbocycles. The monoisotopic (exact) mass is 528 g/mol. The number of hydrogen-bond acceptors (Lipinski definition) is 6. The lowest BCUT2D eigenvalue weighted by Crippen LogP contribution is -2.60. The molecule has 10 atom stereocenters. The van der Waals surface area contributed by atoms with Crippen LogP contribution in [0.25, 0.3) is 0 Å². The van der Waals surface area contributed by atoms with Crippen LogP contribution in [0.15, 0.2) is 0 Å². The van der Waals surface area contributed by atoms with Crippen molar-refractivity contribution in [3.8, 4) is 0 Å². The fraction of sp³-hybridized carbons (Fsp3) is 0.923. The second-order valence-electron chi connectivity index (χ2n) is 11.4. The van der Waals surface area contributed by atoms with Gasteiger partial charge in [-0.25, -0.2) is 0 Å². The number of fused-ring (bicyclic) bond motifs is 5. The molecule has 4 fully saturated rings. The van der Waals surface area contributed by atoms with Crippen LogP contribution >= 0.6 is 15.9 Å². The Balaban J connectivity index is 1.48.